The maximum absolute atomic E-state index is 10.7. The highest BCUT2D eigenvalue weighted by molar-refractivity contribution is 5.98. The number of benzene rings is 4. The summed E-state index contributed by atoms with van der Waals surface area (Å²) >= 11 is 0. The SMILES string of the molecule is O=C(O)c1ccc(C(=O)O)cc1.O=C(O)c1ccc2cc(C(=O)O)ccc2c1.O=C(O)c1cccc(C(=O)O)c1. The molecule has 4 aromatic rings. The minimum absolute atomic E-state index is 0.0186. The number of carbonyl (C=O) groups is 6. The molecular formula is C28H20O12. The van der Waals surface area contributed by atoms with Crippen molar-refractivity contribution in [2.24, 2.45) is 0 Å². The Morgan fingerprint density at radius 3 is 0.850 bits per heavy atom. The molecule has 0 spiro atoms. The van der Waals surface area contributed by atoms with Gasteiger partial charge in [-0.2, -0.15) is 0 Å². The second-order valence-electron chi connectivity index (χ2n) is 7.77. The van der Waals surface area contributed by atoms with E-state index in [1.807, 2.05) is 0 Å². The number of carboxylic acid groups (broad SMARTS) is 6. The summed E-state index contributed by atoms with van der Waals surface area (Å²) in [5, 5.41) is 52.9. The van der Waals surface area contributed by atoms with Crippen LogP contribution in [-0.2, 0) is 0 Å². The number of rotatable bonds is 6. The summed E-state index contributed by atoms with van der Waals surface area (Å²) in [6.45, 7) is 0. The van der Waals surface area contributed by atoms with Gasteiger partial charge in [0.25, 0.3) is 0 Å². The minimum atomic E-state index is -1.13. The fraction of sp³-hybridized carbons (Fsp3) is 0. The lowest BCUT2D eigenvalue weighted by Crippen LogP contribution is -2.01. The molecule has 0 fully saturated rings. The van der Waals surface area contributed by atoms with Crippen molar-refractivity contribution in [1.29, 1.82) is 0 Å². The molecule has 0 aromatic heterocycles. The van der Waals surface area contributed by atoms with Crippen LogP contribution < -0.4 is 0 Å². The lowest BCUT2D eigenvalue weighted by atomic mass is 10.0. The monoisotopic (exact) mass is 548 g/mol. The van der Waals surface area contributed by atoms with Gasteiger partial charge >= 0.3 is 35.8 Å². The van der Waals surface area contributed by atoms with E-state index in [1.54, 1.807) is 12.1 Å². The first-order valence-corrected chi connectivity index (χ1v) is 10.9. The van der Waals surface area contributed by atoms with Gasteiger partial charge in [0.15, 0.2) is 0 Å². The number of aromatic carboxylic acids is 6. The van der Waals surface area contributed by atoms with Crippen molar-refractivity contribution in [3.05, 3.63) is 118 Å². The van der Waals surface area contributed by atoms with Gasteiger partial charge in [-0.05, 0) is 77.5 Å². The van der Waals surface area contributed by atoms with E-state index < -0.39 is 35.8 Å². The number of carboxylic acids is 6. The van der Waals surface area contributed by atoms with Crippen LogP contribution in [0.25, 0.3) is 10.8 Å². The quantitative estimate of drug-likeness (QED) is 0.197. The largest absolute Gasteiger partial charge is 0.478 e. The van der Waals surface area contributed by atoms with E-state index in [4.69, 9.17) is 30.6 Å². The molecule has 0 amide bonds. The summed E-state index contributed by atoms with van der Waals surface area (Å²) in [4.78, 5) is 62.9. The Kier molecular flexibility index (Phi) is 10.2. The molecule has 12 nitrogen and oxygen atoms in total. The molecule has 12 heteroatoms. The number of hydrogen-bond acceptors (Lipinski definition) is 6. The predicted octanol–water partition coefficient (Wildman–Crippen LogP) is 4.40. The Morgan fingerprint density at radius 2 is 0.575 bits per heavy atom. The Balaban J connectivity index is 0.000000214. The topological polar surface area (TPSA) is 224 Å². The van der Waals surface area contributed by atoms with E-state index in [-0.39, 0.29) is 33.4 Å². The first-order valence-electron chi connectivity index (χ1n) is 10.9. The summed E-state index contributed by atoms with van der Waals surface area (Å²) in [6.07, 6.45) is 0. The molecular weight excluding hydrogens is 528 g/mol. The minimum Gasteiger partial charge on any atom is -0.478 e. The van der Waals surface area contributed by atoms with Crippen molar-refractivity contribution >= 4 is 46.6 Å². The number of fused-ring (bicyclic) bond motifs is 1. The van der Waals surface area contributed by atoms with Crippen LogP contribution in [0.3, 0.4) is 0 Å². The molecule has 0 unspecified atom stereocenters. The normalized spacial score (nSPS) is 9.70. The van der Waals surface area contributed by atoms with Crippen LogP contribution in [0.4, 0.5) is 0 Å². The van der Waals surface area contributed by atoms with Gasteiger partial charge in [-0.1, -0.05) is 18.2 Å². The zero-order valence-corrected chi connectivity index (χ0v) is 20.2. The molecule has 0 bridgehead atoms. The zero-order valence-electron chi connectivity index (χ0n) is 20.2. The molecule has 0 aliphatic heterocycles. The van der Waals surface area contributed by atoms with Crippen LogP contribution in [-0.4, -0.2) is 66.5 Å². The van der Waals surface area contributed by atoms with Crippen LogP contribution in [0.1, 0.15) is 62.1 Å². The highest BCUT2D eigenvalue weighted by Crippen LogP contribution is 2.18. The number of hydrogen-bond donors (Lipinski definition) is 6. The molecule has 0 atom stereocenters. The van der Waals surface area contributed by atoms with Crippen LogP contribution >= 0.6 is 0 Å². The smallest absolute Gasteiger partial charge is 0.335 e. The molecule has 40 heavy (non-hydrogen) atoms. The van der Waals surface area contributed by atoms with Crippen molar-refractivity contribution in [2.45, 2.75) is 0 Å². The van der Waals surface area contributed by atoms with Gasteiger partial charge in [0.05, 0.1) is 33.4 Å². The molecule has 204 valence electrons. The summed E-state index contributed by atoms with van der Waals surface area (Å²) in [5.74, 6) is -6.37. The standard InChI is InChI=1S/C12H8O4.2C8H6O4/c13-11(14)9-3-1-7-5-10(12(15)16)4-2-8(7)6-9;9-7(10)5-1-2-6(4-3-5)8(11)12;9-7(10)5-2-1-3-6(4-5)8(11)12/h1-6H,(H,13,14)(H,15,16);2*1-4H,(H,9,10)(H,11,12). The Morgan fingerprint density at radius 1 is 0.325 bits per heavy atom. The van der Waals surface area contributed by atoms with Gasteiger partial charge in [-0.25, -0.2) is 28.8 Å². The van der Waals surface area contributed by atoms with Crippen molar-refractivity contribution in [1.82, 2.24) is 0 Å². The van der Waals surface area contributed by atoms with Crippen LogP contribution in [0.2, 0.25) is 0 Å². The van der Waals surface area contributed by atoms with Gasteiger partial charge in [-0.3, -0.25) is 0 Å². The summed E-state index contributed by atoms with van der Waals surface area (Å²) < 4.78 is 0. The second-order valence-corrected chi connectivity index (χ2v) is 7.77. The fourth-order valence-corrected chi connectivity index (χ4v) is 3.05. The third-order valence-electron chi connectivity index (χ3n) is 5.07. The molecule has 0 radical (unpaired) electrons. The van der Waals surface area contributed by atoms with Crippen LogP contribution in [0.5, 0.6) is 0 Å². The summed E-state index contributed by atoms with van der Waals surface area (Å²) in [7, 11) is 0. The molecule has 0 saturated heterocycles. The lowest BCUT2D eigenvalue weighted by Gasteiger charge is -2.01. The summed E-state index contributed by atoms with van der Waals surface area (Å²) in [5.41, 5.74) is 0.510. The van der Waals surface area contributed by atoms with E-state index in [1.165, 1.54) is 66.7 Å². The van der Waals surface area contributed by atoms with Crippen molar-refractivity contribution in [3.63, 3.8) is 0 Å². The molecule has 6 N–H and O–H groups in total. The van der Waals surface area contributed by atoms with Gasteiger partial charge < -0.3 is 30.6 Å². The molecule has 0 heterocycles. The average molecular weight is 548 g/mol. The maximum Gasteiger partial charge on any atom is 0.335 e. The van der Waals surface area contributed by atoms with E-state index in [2.05, 4.69) is 0 Å². The van der Waals surface area contributed by atoms with Gasteiger partial charge in [0.1, 0.15) is 0 Å². The molecule has 0 aliphatic carbocycles. The van der Waals surface area contributed by atoms with Crippen LogP contribution in [0, 0.1) is 0 Å². The fourth-order valence-electron chi connectivity index (χ4n) is 3.05. The van der Waals surface area contributed by atoms with Crippen molar-refractivity contribution in [3.8, 4) is 0 Å². The van der Waals surface area contributed by atoms with Gasteiger partial charge in [-0.15, -0.1) is 0 Å². The van der Waals surface area contributed by atoms with E-state index in [0.29, 0.717) is 10.8 Å². The molecule has 0 aliphatic rings. The van der Waals surface area contributed by atoms with Crippen molar-refractivity contribution in [2.75, 3.05) is 0 Å². The third-order valence-corrected chi connectivity index (χ3v) is 5.07. The Bertz CT molecular complexity index is 1490. The first kappa shape index (κ1) is 30.2. The van der Waals surface area contributed by atoms with Crippen LogP contribution in [0.15, 0.2) is 84.9 Å². The Hall–Kier alpha value is -6.04. The molecule has 0 saturated carbocycles. The zero-order chi connectivity index (χ0) is 30.0. The van der Waals surface area contributed by atoms with E-state index >= 15 is 0 Å². The van der Waals surface area contributed by atoms with Gasteiger partial charge in [0.2, 0.25) is 0 Å². The maximum atomic E-state index is 10.7. The highest BCUT2D eigenvalue weighted by atomic mass is 16.4. The highest BCUT2D eigenvalue weighted by Gasteiger charge is 2.08. The van der Waals surface area contributed by atoms with E-state index in [9.17, 15) is 28.8 Å². The second kappa shape index (κ2) is 13.5. The average Bonchev–Trinajstić information content (AvgIpc) is 2.93. The Labute approximate surface area is 224 Å². The lowest BCUT2D eigenvalue weighted by molar-refractivity contribution is 0.0680. The summed E-state index contributed by atoms with van der Waals surface area (Å²) in [6, 6.07) is 19.4. The molecule has 4 aromatic carbocycles. The van der Waals surface area contributed by atoms with Crippen molar-refractivity contribution < 1.29 is 59.4 Å². The third kappa shape index (κ3) is 8.52. The molecule has 4 rings (SSSR count). The van der Waals surface area contributed by atoms with E-state index in [0.717, 1.165) is 6.07 Å². The predicted molar refractivity (Wildman–Crippen MR) is 139 cm³/mol. The first-order chi connectivity index (χ1) is 18.8. The van der Waals surface area contributed by atoms with Gasteiger partial charge in [0, 0.05) is 0 Å².